The molecule has 0 amide bonds. The number of benzene rings is 1. The molecule has 1 N–H and O–H groups in total. The lowest BCUT2D eigenvalue weighted by Crippen LogP contribution is -2.63. The second kappa shape index (κ2) is 5.38. The van der Waals surface area contributed by atoms with Crippen LogP contribution in [0.2, 0.25) is 0 Å². The van der Waals surface area contributed by atoms with E-state index in [4.69, 9.17) is 9.84 Å². The zero-order chi connectivity index (χ0) is 13.2. The molecule has 0 spiro atoms. The first-order chi connectivity index (χ1) is 8.52. The van der Waals surface area contributed by atoms with Crippen molar-refractivity contribution in [3.8, 4) is 0 Å². The Morgan fingerprint density at radius 1 is 1.50 bits per heavy atom. The van der Waals surface area contributed by atoms with E-state index >= 15 is 0 Å². The van der Waals surface area contributed by atoms with Gasteiger partial charge in [-0.2, -0.15) is 0 Å². The van der Waals surface area contributed by atoms with E-state index in [1.54, 1.807) is 6.92 Å². The van der Waals surface area contributed by atoms with Gasteiger partial charge in [-0.3, -0.25) is 9.69 Å². The second-order valence-corrected chi connectivity index (χ2v) is 5.61. The van der Waals surface area contributed by atoms with Crippen LogP contribution in [-0.2, 0) is 16.1 Å². The molecule has 98 valence electrons. The number of carboxylic acids is 1. The van der Waals surface area contributed by atoms with Gasteiger partial charge >= 0.3 is 5.97 Å². The fourth-order valence-corrected chi connectivity index (χ4v) is 2.17. The van der Waals surface area contributed by atoms with E-state index in [0.717, 1.165) is 16.6 Å². The standard InChI is InChI=1S/C13H16BrNO3/c1-13(12(16)17)6-7-15(13)9-18-8-10-2-4-11(14)5-3-10/h2-5H,6-9H2,1H3,(H,16,17). The van der Waals surface area contributed by atoms with Crippen LogP contribution >= 0.6 is 15.9 Å². The van der Waals surface area contributed by atoms with Gasteiger partial charge in [-0.1, -0.05) is 28.1 Å². The third-order valence-electron chi connectivity index (χ3n) is 3.46. The van der Waals surface area contributed by atoms with Crippen LogP contribution < -0.4 is 0 Å². The third kappa shape index (κ3) is 2.74. The normalized spacial score (nSPS) is 23.7. The highest BCUT2D eigenvalue weighted by Crippen LogP contribution is 2.30. The molecular formula is C13H16BrNO3. The van der Waals surface area contributed by atoms with Crippen LogP contribution in [0, 0.1) is 0 Å². The molecule has 1 fully saturated rings. The summed E-state index contributed by atoms with van der Waals surface area (Å²) in [7, 11) is 0. The molecule has 0 bridgehead atoms. The van der Waals surface area contributed by atoms with Gasteiger partial charge in [0.1, 0.15) is 12.3 Å². The number of hydrogen-bond acceptors (Lipinski definition) is 3. The molecule has 1 saturated heterocycles. The molecule has 1 unspecified atom stereocenters. The van der Waals surface area contributed by atoms with Gasteiger partial charge in [0.25, 0.3) is 0 Å². The summed E-state index contributed by atoms with van der Waals surface area (Å²) in [6.07, 6.45) is 0.685. The lowest BCUT2D eigenvalue weighted by Gasteiger charge is -2.46. The highest BCUT2D eigenvalue weighted by molar-refractivity contribution is 9.10. The summed E-state index contributed by atoms with van der Waals surface area (Å²) in [6.45, 7) is 3.38. The van der Waals surface area contributed by atoms with Crippen molar-refractivity contribution in [1.82, 2.24) is 4.90 Å². The molecule has 0 aromatic heterocycles. The maximum absolute atomic E-state index is 11.1. The molecule has 0 saturated carbocycles. The van der Waals surface area contributed by atoms with Crippen molar-refractivity contribution in [2.75, 3.05) is 13.3 Å². The first-order valence-electron chi connectivity index (χ1n) is 5.83. The number of aliphatic carboxylic acids is 1. The van der Waals surface area contributed by atoms with Crippen LogP contribution in [0.1, 0.15) is 18.9 Å². The smallest absolute Gasteiger partial charge is 0.323 e. The third-order valence-corrected chi connectivity index (χ3v) is 3.98. The van der Waals surface area contributed by atoms with Crippen molar-refractivity contribution in [3.05, 3.63) is 34.3 Å². The van der Waals surface area contributed by atoms with Crippen molar-refractivity contribution in [2.45, 2.75) is 25.5 Å². The zero-order valence-electron chi connectivity index (χ0n) is 10.2. The maximum atomic E-state index is 11.1. The summed E-state index contributed by atoms with van der Waals surface area (Å²) >= 11 is 3.37. The van der Waals surface area contributed by atoms with Gasteiger partial charge in [0.2, 0.25) is 0 Å². The van der Waals surface area contributed by atoms with Crippen LogP contribution in [0.4, 0.5) is 0 Å². The number of hydrogen-bond donors (Lipinski definition) is 1. The highest BCUT2D eigenvalue weighted by atomic mass is 79.9. The highest BCUT2D eigenvalue weighted by Gasteiger charge is 2.46. The Morgan fingerprint density at radius 3 is 2.67 bits per heavy atom. The Bertz CT molecular complexity index is 434. The summed E-state index contributed by atoms with van der Waals surface area (Å²) in [5.74, 6) is -0.777. The van der Waals surface area contributed by atoms with E-state index in [1.165, 1.54) is 0 Å². The van der Waals surface area contributed by atoms with Gasteiger partial charge in [0.05, 0.1) is 6.61 Å². The molecule has 2 rings (SSSR count). The monoisotopic (exact) mass is 313 g/mol. The summed E-state index contributed by atoms with van der Waals surface area (Å²) in [4.78, 5) is 12.9. The number of ether oxygens (including phenoxy) is 1. The summed E-state index contributed by atoms with van der Waals surface area (Å²) in [5, 5.41) is 9.11. The Hall–Kier alpha value is -0.910. The summed E-state index contributed by atoms with van der Waals surface area (Å²) in [6, 6.07) is 7.89. The number of likely N-dealkylation sites (tertiary alicyclic amines) is 1. The van der Waals surface area contributed by atoms with Crippen molar-refractivity contribution < 1.29 is 14.6 Å². The van der Waals surface area contributed by atoms with E-state index in [-0.39, 0.29) is 0 Å². The van der Waals surface area contributed by atoms with Crippen molar-refractivity contribution in [2.24, 2.45) is 0 Å². The average Bonchev–Trinajstić information content (AvgIpc) is 2.34. The molecule has 0 aliphatic carbocycles. The van der Waals surface area contributed by atoms with Crippen LogP contribution in [0.5, 0.6) is 0 Å². The van der Waals surface area contributed by atoms with Crippen LogP contribution in [0.25, 0.3) is 0 Å². The lowest BCUT2D eigenvalue weighted by atomic mass is 9.87. The Morgan fingerprint density at radius 2 is 2.17 bits per heavy atom. The Balaban J connectivity index is 1.79. The van der Waals surface area contributed by atoms with E-state index < -0.39 is 11.5 Å². The molecular weight excluding hydrogens is 298 g/mol. The van der Waals surface area contributed by atoms with Crippen LogP contribution in [0.3, 0.4) is 0 Å². The number of carboxylic acid groups (broad SMARTS) is 1. The molecule has 1 atom stereocenters. The first-order valence-corrected chi connectivity index (χ1v) is 6.62. The van der Waals surface area contributed by atoms with Crippen LogP contribution in [0.15, 0.2) is 28.7 Å². The minimum atomic E-state index is -0.777. The summed E-state index contributed by atoms with van der Waals surface area (Å²) < 4.78 is 6.59. The minimum absolute atomic E-state index is 0.360. The first kappa shape index (κ1) is 13.5. The lowest BCUT2D eigenvalue weighted by molar-refractivity contribution is -0.169. The van der Waals surface area contributed by atoms with Crippen molar-refractivity contribution in [3.63, 3.8) is 0 Å². The molecule has 0 radical (unpaired) electrons. The molecule has 18 heavy (non-hydrogen) atoms. The Labute approximate surface area is 115 Å². The van der Waals surface area contributed by atoms with E-state index in [0.29, 0.717) is 19.8 Å². The predicted molar refractivity (Wildman–Crippen MR) is 71.2 cm³/mol. The van der Waals surface area contributed by atoms with Gasteiger partial charge in [-0.15, -0.1) is 0 Å². The molecule has 1 aromatic carbocycles. The van der Waals surface area contributed by atoms with Gasteiger partial charge < -0.3 is 9.84 Å². The molecule has 1 aromatic rings. The SMILES string of the molecule is CC1(C(=O)O)CCN1COCc1ccc(Br)cc1. The van der Waals surface area contributed by atoms with E-state index in [2.05, 4.69) is 15.9 Å². The van der Waals surface area contributed by atoms with Crippen molar-refractivity contribution in [1.29, 1.82) is 0 Å². The largest absolute Gasteiger partial charge is 0.480 e. The maximum Gasteiger partial charge on any atom is 0.323 e. The predicted octanol–water partition coefficient (Wildman–Crippen LogP) is 2.47. The fourth-order valence-electron chi connectivity index (χ4n) is 1.91. The molecule has 1 heterocycles. The number of nitrogens with zero attached hydrogens (tertiary/aromatic N) is 1. The Kier molecular flexibility index (Phi) is 4.04. The quantitative estimate of drug-likeness (QED) is 0.907. The van der Waals surface area contributed by atoms with Crippen molar-refractivity contribution >= 4 is 21.9 Å². The number of carbonyl (C=O) groups is 1. The average molecular weight is 314 g/mol. The van der Waals surface area contributed by atoms with E-state index in [9.17, 15) is 4.79 Å². The zero-order valence-corrected chi connectivity index (χ0v) is 11.8. The van der Waals surface area contributed by atoms with Gasteiger partial charge in [0, 0.05) is 11.0 Å². The summed E-state index contributed by atoms with van der Waals surface area (Å²) in [5.41, 5.74) is 0.329. The molecule has 4 nitrogen and oxygen atoms in total. The van der Waals surface area contributed by atoms with Gasteiger partial charge in [-0.25, -0.2) is 0 Å². The molecule has 1 aliphatic heterocycles. The second-order valence-electron chi connectivity index (χ2n) is 4.70. The van der Waals surface area contributed by atoms with Gasteiger partial charge in [0.15, 0.2) is 0 Å². The fraction of sp³-hybridized carbons (Fsp3) is 0.462. The topological polar surface area (TPSA) is 49.8 Å². The number of halogens is 1. The molecule has 1 aliphatic rings. The minimum Gasteiger partial charge on any atom is -0.480 e. The van der Waals surface area contributed by atoms with Gasteiger partial charge in [-0.05, 0) is 31.0 Å². The number of rotatable bonds is 5. The van der Waals surface area contributed by atoms with E-state index in [1.807, 2.05) is 29.2 Å². The van der Waals surface area contributed by atoms with Crippen LogP contribution in [-0.4, -0.2) is 34.8 Å². The molecule has 5 heteroatoms.